The first kappa shape index (κ1) is 19.1. The number of allylic oxidation sites excluding steroid dienone is 5. The van der Waals surface area contributed by atoms with Crippen LogP contribution in [0.5, 0.6) is 0 Å². The summed E-state index contributed by atoms with van der Waals surface area (Å²) in [5, 5.41) is 4.43. The van der Waals surface area contributed by atoms with E-state index in [4.69, 9.17) is 4.74 Å². The molecule has 1 atom stereocenters. The van der Waals surface area contributed by atoms with Gasteiger partial charge in [0.25, 0.3) is 0 Å². The minimum atomic E-state index is -3.23. The van der Waals surface area contributed by atoms with Gasteiger partial charge in [0.05, 0.1) is 23.5 Å². The Kier molecular flexibility index (Phi) is 5.32. The summed E-state index contributed by atoms with van der Waals surface area (Å²) in [6, 6.07) is 6.63. The number of hydrogen-bond acceptors (Lipinski definition) is 5. The van der Waals surface area contributed by atoms with Gasteiger partial charge < -0.3 is 4.74 Å². The molecule has 0 radical (unpaired) electrons. The summed E-state index contributed by atoms with van der Waals surface area (Å²) in [6.07, 6.45) is 10.1. The number of rotatable bonds is 5. The van der Waals surface area contributed by atoms with Crippen LogP contribution in [0.15, 0.2) is 58.7 Å². The molecule has 0 bridgehead atoms. The molecule has 7 heteroatoms. The maximum absolute atomic E-state index is 11.6. The first-order valence-corrected chi connectivity index (χ1v) is 10.5. The van der Waals surface area contributed by atoms with E-state index < -0.39 is 9.84 Å². The number of aromatic nitrogens is 3. The summed E-state index contributed by atoms with van der Waals surface area (Å²) in [7, 11) is -1.54. The molecule has 1 aromatic heterocycles. The van der Waals surface area contributed by atoms with E-state index in [1.807, 2.05) is 25.2 Å². The Bertz CT molecular complexity index is 1030. The van der Waals surface area contributed by atoms with Crippen molar-refractivity contribution in [1.29, 1.82) is 0 Å². The first-order valence-electron chi connectivity index (χ1n) is 8.65. The lowest BCUT2D eigenvalue weighted by molar-refractivity contribution is 0.266. The van der Waals surface area contributed by atoms with E-state index in [1.165, 1.54) is 11.8 Å². The fourth-order valence-corrected chi connectivity index (χ4v) is 3.58. The van der Waals surface area contributed by atoms with Crippen LogP contribution in [0.1, 0.15) is 25.0 Å². The van der Waals surface area contributed by atoms with E-state index in [2.05, 4.69) is 23.1 Å². The van der Waals surface area contributed by atoms with E-state index in [-0.39, 0.29) is 4.90 Å². The maximum atomic E-state index is 11.6. The van der Waals surface area contributed by atoms with Crippen molar-refractivity contribution in [2.75, 3.05) is 13.4 Å². The minimum absolute atomic E-state index is 0.280. The fraction of sp³-hybridized carbons (Fsp3) is 0.300. The SMILES string of the molecule is COC1=CC=C(/C=C/c2nc(C)nn2-c2ccc(S(C)(=O)=O)cc2)C(C)C1. The number of benzene rings is 1. The second-order valence-electron chi connectivity index (χ2n) is 6.64. The van der Waals surface area contributed by atoms with Crippen LogP contribution >= 0.6 is 0 Å². The van der Waals surface area contributed by atoms with Gasteiger partial charge in [0, 0.05) is 12.7 Å². The van der Waals surface area contributed by atoms with E-state index >= 15 is 0 Å². The monoisotopic (exact) mass is 385 g/mol. The number of ether oxygens (including phenoxy) is 1. The van der Waals surface area contributed by atoms with E-state index in [0.29, 0.717) is 17.6 Å². The van der Waals surface area contributed by atoms with Gasteiger partial charge in [-0.2, -0.15) is 5.10 Å². The lowest BCUT2D eigenvalue weighted by atomic mass is 9.92. The van der Waals surface area contributed by atoms with Crippen molar-refractivity contribution in [3.8, 4) is 5.69 Å². The Morgan fingerprint density at radius 2 is 1.89 bits per heavy atom. The average molecular weight is 385 g/mol. The number of hydrogen-bond donors (Lipinski definition) is 0. The zero-order valence-corrected chi connectivity index (χ0v) is 16.7. The van der Waals surface area contributed by atoms with Crippen molar-refractivity contribution < 1.29 is 13.2 Å². The highest BCUT2D eigenvalue weighted by molar-refractivity contribution is 7.90. The van der Waals surface area contributed by atoms with Crippen molar-refractivity contribution in [3.63, 3.8) is 0 Å². The molecule has 2 aromatic rings. The number of nitrogens with zero attached hydrogens (tertiary/aromatic N) is 3. The van der Waals surface area contributed by atoms with Gasteiger partial charge in [0.15, 0.2) is 15.7 Å². The van der Waals surface area contributed by atoms with Gasteiger partial charge in [0.1, 0.15) is 5.82 Å². The molecule has 1 aromatic carbocycles. The van der Waals surface area contributed by atoms with Gasteiger partial charge in [-0.25, -0.2) is 18.1 Å². The molecule has 0 spiro atoms. The molecule has 1 unspecified atom stereocenters. The second-order valence-corrected chi connectivity index (χ2v) is 8.65. The van der Waals surface area contributed by atoms with Crippen LogP contribution < -0.4 is 0 Å². The zero-order chi connectivity index (χ0) is 19.6. The van der Waals surface area contributed by atoms with Gasteiger partial charge in [-0.1, -0.05) is 19.1 Å². The smallest absolute Gasteiger partial charge is 0.175 e. The van der Waals surface area contributed by atoms with Crippen LogP contribution in [0.2, 0.25) is 0 Å². The zero-order valence-electron chi connectivity index (χ0n) is 15.9. The highest BCUT2D eigenvalue weighted by atomic mass is 32.2. The molecule has 1 heterocycles. The molecule has 0 saturated carbocycles. The molecule has 0 saturated heterocycles. The van der Waals surface area contributed by atoms with Crippen LogP contribution in [-0.2, 0) is 14.6 Å². The normalized spacial score (nSPS) is 17.7. The molecule has 6 nitrogen and oxygen atoms in total. The van der Waals surface area contributed by atoms with E-state index in [9.17, 15) is 8.42 Å². The third-order valence-electron chi connectivity index (χ3n) is 4.47. The van der Waals surface area contributed by atoms with Crippen molar-refractivity contribution in [2.45, 2.75) is 25.2 Å². The van der Waals surface area contributed by atoms with Gasteiger partial charge in [0.2, 0.25) is 0 Å². The third kappa shape index (κ3) is 4.36. The predicted molar refractivity (Wildman–Crippen MR) is 105 cm³/mol. The third-order valence-corrected chi connectivity index (χ3v) is 5.60. The Labute approximate surface area is 159 Å². The Balaban J connectivity index is 1.91. The highest BCUT2D eigenvalue weighted by Gasteiger charge is 2.14. The number of sulfone groups is 1. The van der Waals surface area contributed by atoms with E-state index in [1.54, 1.807) is 36.1 Å². The highest BCUT2D eigenvalue weighted by Crippen LogP contribution is 2.26. The molecule has 0 amide bonds. The van der Waals surface area contributed by atoms with Crippen LogP contribution in [0.25, 0.3) is 11.8 Å². The van der Waals surface area contributed by atoms with Crippen LogP contribution in [0.4, 0.5) is 0 Å². The summed E-state index contributed by atoms with van der Waals surface area (Å²) >= 11 is 0. The molecular formula is C20H23N3O3S. The average Bonchev–Trinajstić information content (AvgIpc) is 3.00. The van der Waals surface area contributed by atoms with Gasteiger partial charge in [-0.15, -0.1) is 0 Å². The first-order chi connectivity index (χ1) is 12.8. The second kappa shape index (κ2) is 7.52. The summed E-state index contributed by atoms with van der Waals surface area (Å²) in [5.74, 6) is 2.67. The lowest BCUT2D eigenvalue weighted by Crippen LogP contribution is -2.05. The fourth-order valence-electron chi connectivity index (χ4n) is 2.95. The maximum Gasteiger partial charge on any atom is 0.175 e. The molecule has 0 N–H and O–H groups in total. The van der Waals surface area contributed by atoms with Gasteiger partial charge in [-0.3, -0.25) is 0 Å². The minimum Gasteiger partial charge on any atom is -0.501 e. The number of methoxy groups -OCH3 is 1. The molecule has 1 aliphatic carbocycles. The summed E-state index contributed by atoms with van der Waals surface area (Å²) in [6.45, 7) is 3.98. The summed E-state index contributed by atoms with van der Waals surface area (Å²) in [5.41, 5.74) is 1.95. The molecule has 0 aliphatic heterocycles. The van der Waals surface area contributed by atoms with Gasteiger partial charge in [-0.05, 0) is 54.8 Å². The number of aryl methyl sites for hydroxylation is 1. The van der Waals surface area contributed by atoms with E-state index in [0.717, 1.165) is 17.9 Å². The standard InChI is InChI=1S/C20H23N3O3S/c1-14-13-18(26-3)9-5-16(14)6-12-20-21-15(2)22-23(20)17-7-10-19(11-8-17)27(4,24)25/h5-12,14H,13H2,1-4H3/b12-6+. The molecule has 0 fully saturated rings. The van der Waals surface area contributed by atoms with Crippen molar-refractivity contribution in [2.24, 2.45) is 5.92 Å². The predicted octanol–water partition coefficient (Wildman–Crippen LogP) is 3.49. The van der Waals surface area contributed by atoms with Crippen LogP contribution in [0, 0.1) is 12.8 Å². The Morgan fingerprint density at radius 1 is 1.19 bits per heavy atom. The quantitative estimate of drug-likeness (QED) is 0.788. The van der Waals surface area contributed by atoms with Crippen LogP contribution in [-0.4, -0.2) is 36.5 Å². The molecule has 142 valence electrons. The molecular weight excluding hydrogens is 362 g/mol. The largest absolute Gasteiger partial charge is 0.501 e. The summed E-state index contributed by atoms with van der Waals surface area (Å²) < 4.78 is 30.3. The lowest BCUT2D eigenvalue weighted by Gasteiger charge is -2.18. The van der Waals surface area contributed by atoms with Crippen molar-refractivity contribution >= 4 is 15.9 Å². The molecule has 27 heavy (non-hydrogen) atoms. The van der Waals surface area contributed by atoms with Crippen molar-refractivity contribution in [3.05, 3.63) is 65.5 Å². The summed E-state index contributed by atoms with van der Waals surface area (Å²) in [4.78, 5) is 4.76. The van der Waals surface area contributed by atoms with Gasteiger partial charge >= 0.3 is 0 Å². The molecule has 3 rings (SSSR count). The van der Waals surface area contributed by atoms with Crippen LogP contribution in [0.3, 0.4) is 0 Å². The Hall–Kier alpha value is -2.67. The Morgan fingerprint density at radius 3 is 2.48 bits per heavy atom. The topological polar surface area (TPSA) is 74.1 Å². The molecule has 1 aliphatic rings. The van der Waals surface area contributed by atoms with Crippen molar-refractivity contribution in [1.82, 2.24) is 14.8 Å².